The molecule has 0 N–H and O–H groups in total. The number of hydrogen-bond acceptors (Lipinski definition) is 1. The van der Waals surface area contributed by atoms with Gasteiger partial charge in [0.2, 0.25) is 5.91 Å². The standard InChI is InChI=1S/C16H24ClNO/c17-3-4-18(14-1-2-14)16(19)15-12-6-10-5-11(8-12)9-13(15)7-10/h10-15H,1-9H2. The van der Waals surface area contributed by atoms with Gasteiger partial charge in [0.05, 0.1) is 0 Å². The van der Waals surface area contributed by atoms with E-state index in [9.17, 15) is 4.79 Å². The molecule has 5 aliphatic carbocycles. The molecule has 0 atom stereocenters. The fourth-order valence-electron chi connectivity index (χ4n) is 5.47. The van der Waals surface area contributed by atoms with Gasteiger partial charge < -0.3 is 4.90 Å². The summed E-state index contributed by atoms with van der Waals surface area (Å²) in [5.41, 5.74) is 0. The first-order chi connectivity index (χ1) is 9.26. The summed E-state index contributed by atoms with van der Waals surface area (Å²) in [6, 6.07) is 0.531. The van der Waals surface area contributed by atoms with Crippen LogP contribution in [0, 0.1) is 29.6 Å². The number of carbonyl (C=O) groups excluding carboxylic acids is 1. The van der Waals surface area contributed by atoms with Gasteiger partial charge in [0, 0.05) is 24.4 Å². The maximum absolute atomic E-state index is 13.0. The molecule has 0 saturated heterocycles. The lowest BCUT2D eigenvalue weighted by molar-refractivity contribution is -0.149. The Kier molecular flexibility index (Phi) is 3.06. The van der Waals surface area contributed by atoms with Crippen molar-refractivity contribution in [3.05, 3.63) is 0 Å². The van der Waals surface area contributed by atoms with Gasteiger partial charge in [0.25, 0.3) is 0 Å². The van der Waals surface area contributed by atoms with Gasteiger partial charge in [-0.15, -0.1) is 11.6 Å². The monoisotopic (exact) mass is 281 g/mol. The molecule has 0 radical (unpaired) electrons. The highest BCUT2D eigenvalue weighted by atomic mass is 35.5. The average molecular weight is 282 g/mol. The molecular weight excluding hydrogens is 258 g/mol. The third-order valence-corrected chi connectivity index (χ3v) is 6.28. The SMILES string of the molecule is O=C(C1C2CC3CC(C2)CC1C3)N(CCCl)C1CC1. The van der Waals surface area contributed by atoms with E-state index < -0.39 is 0 Å². The summed E-state index contributed by atoms with van der Waals surface area (Å²) in [6.45, 7) is 0.772. The summed E-state index contributed by atoms with van der Waals surface area (Å²) in [5.74, 6) is 4.74. The molecule has 1 amide bonds. The van der Waals surface area contributed by atoms with Crippen molar-refractivity contribution >= 4 is 17.5 Å². The Bertz CT molecular complexity index is 351. The van der Waals surface area contributed by atoms with Crippen molar-refractivity contribution < 1.29 is 4.79 Å². The van der Waals surface area contributed by atoms with Gasteiger partial charge in [-0.05, 0) is 68.6 Å². The Morgan fingerprint density at radius 2 is 1.58 bits per heavy atom. The molecule has 106 valence electrons. The Balaban J connectivity index is 1.53. The van der Waals surface area contributed by atoms with Crippen LogP contribution >= 0.6 is 11.6 Å². The maximum Gasteiger partial charge on any atom is 0.226 e. The fraction of sp³-hybridized carbons (Fsp3) is 0.938. The van der Waals surface area contributed by atoms with Crippen molar-refractivity contribution in [1.29, 1.82) is 0 Å². The van der Waals surface area contributed by atoms with Crippen LogP contribution in [0.5, 0.6) is 0 Å². The largest absolute Gasteiger partial charge is 0.338 e. The Hall–Kier alpha value is -0.240. The fourth-order valence-corrected chi connectivity index (χ4v) is 5.65. The lowest BCUT2D eigenvalue weighted by Gasteiger charge is -2.54. The van der Waals surface area contributed by atoms with Crippen LogP contribution in [0.1, 0.15) is 44.9 Å². The number of rotatable bonds is 4. The van der Waals surface area contributed by atoms with E-state index in [0.717, 1.165) is 18.4 Å². The highest BCUT2D eigenvalue weighted by molar-refractivity contribution is 6.18. The summed E-state index contributed by atoms with van der Waals surface area (Å²) in [4.78, 5) is 15.1. The van der Waals surface area contributed by atoms with E-state index >= 15 is 0 Å². The van der Waals surface area contributed by atoms with Gasteiger partial charge in [-0.3, -0.25) is 4.79 Å². The second kappa shape index (κ2) is 4.65. The molecule has 3 heteroatoms. The van der Waals surface area contributed by atoms with E-state index in [1.165, 1.54) is 44.9 Å². The molecule has 19 heavy (non-hydrogen) atoms. The molecule has 5 aliphatic rings. The lowest BCUT2D eigenvalue weighted by Crippen LogP contribution is -2.52. The number of carbonyl (C=O) groups is 1. The number of alkyl halides is 1. The van der Waals surface area contributed by atoms with Crippen LogP contribution in [0.3, 0.4) is 0 Å². The quantitative estimate of drug-likeness (QED) is 0.724. The van der Waals surface area contributed by atoms with Gasteiger partial charge in [-0.1, -0.05) is 0 Å². The van der Waals surface area contributed by atoms with Gasteiger partial charge >= 0.3 is 0 Å². The van der Waals surface area contributed by atoms with Gasteiger partial charge in [-0.25, -0.2) is 0 Å². The number of nitrogens with zero attached hydrogens (tertiary/aromatic N) is 1. The molecule has 5 rings (SSSR count). The van der Waals surface area contributed by atoms with Crippen LogP contribution in [0.2, 0.25) is 0 Å². The lowest BCUT2D eigenvalue weighted by atomic mass is 9.51. The highest BCUT2D eigenvalue weighted by Gasteiger charge is 2.52. The minimum atomic E-state index is 0.358. The number of amides is 1. The second-order valence-corrected chi connectivity index (χ2v) is 7.79. The van der Waals surface area contributed by atoms with Crippen molar-refractivity contribution in [2.24, 2.45) is 29.6 Å². The third kappa shape index (κ3) is 2.11. The maximum atomic E-state index is 13.0. The molecule has 0 heterocycles. The van der Waals surface area contributed by atoms with Crippen molar-refractivity contribution in [3.8, 4) is 0 Å². The molecule has 0 aromatic heterocycles. The molecule has 5 fully saturated rings. The Morgan fingerprint density at radius 3 is 2.05 bits per heavy atom. The van der Waals surface area contributed by atoms with Crippen LogP contribution in [-0.2, 0) is 4.79 Å². The second-order valence-electron chi connectivity index (χ2n) is 7.41. The summed E-state index contributed by atoms with van der Waals surface area (Å²) in [7, 11) is 0. The summed E-state index contributed by atoms with van der Waals surface area (Å²) >= 11 is 5.91. The zero-order valence-corrected chi connectivity index (χ0v) is 12.3. The van der Waals surface area contributed by atoms with Gasteiger partial charge in [0.15, 0.2) is 0 Å². The van der Waals surface area contributed by atoms with Gasteiger partial charge in [-0.2, -0.15) is 0 Å². The number of hydrogen-bond donors (Lipinski definition) is 0. The zero-order valence-electron chi connectivity index (χ0n) is 11.6. The average Bonchev–Trinajstić information content (AvgIpc) is 3.18. The Morgan fingerprint density at radius 1 is 1.00 bits per heavy atom. The molecule has 0 aromatic rings. The molecular formula is C16H24ClNO. The Labute approximate surface area is 120 Å². The van der Waals surface area contributed by atoms with Gasteiger partial charge in [0.1, 0.15) is 0 Å². The molecule has 0 aliphatic heterocycles. The molecule has 2 nitrogen and oxygen atoms in total. The van der Waals surface area contributed by atoms with Crippen LogP contribution in [0.25, 0.3) is 0 Å². The topological polar surface area (TPSA) is 20.3 Å². The third-order valence-electron chi connectivity index (χ3n) is 6.11. The molecule has 5 saturated carbocycles. The molecule has 0 unspecified atom stereocenters. The minimum absolute atomic E-state index is 0.358. The van der Waals surface area contributed by atoms with Crippen LogP contribution in [0.15, 0.2) is 0 Å². The smallest absolute Gasteiger partial charge is 0.226 e. The van der Waals surface area contributed by atoms with Crippen molar-refractivity contribution in [2.45, 2.75) is 51.0 Å². The number of halogens is 1. The summed E-state index contributed by atoms with van der Waals surface area (Å²) in [6.07, 6.45) is 9.21. The predicted octanol–water partition coefficient (Wildman–Crippen LogP) is 3.29. The first kappa shape index (κ1) is 12.5. The van der Waals surface area contributed by atoms with Crippen LogP contribution in [0.4, 0.5) is 0 Å². The van der Waals surface area contributed by atoms with Crippen LogP contribution < -0.4 is 0 Å². The summed E-state index contributed by atoms with van der Waals surface area (Å²) < 4.78 is 0. The molecule has 0 aromatic carbocycles. The van der Waals surface area contributed by atoms with Crippen LogP contribution in [-0.4, -0.2) is 29.3 Å². The van der Waals surface area contributed by atoms with E-state index in [1.807, 2.05) is 0 Å². The predicted molar refractivity (Wildman–Crippen MR) is 76.0 cm³/mol. The van der Waals surface area contributed by atoms with E-state index in [1.54, 1.807) is 0 Å². The normalized spacial score (nSPS) is 43.5. The van der Waals surface area contributed by atoms with Crippen molar-refractivity contribution in [3.63, 3.8) is 0 Å². The van der Waals surface area contributed by atoms with Crippen molar-refractivity contribution in [1.82, 2.24) is 4.90 Å². The van der Waals surface area contributed by atoms with Crippen molar-refractivity contribution in [2.75, 3.05) is 12.4 Å². The first-order valence-corrected chi connectivity index (χ1v) is 8.66. The van der Waals surface area contributed by atoms with E-state index in [2.05, 4.69) is 4.90 Å². The zero-order chi connectivity index (χ0) is 13.0. The minimum Gasteiger partial charge on any atom is -0.338 e. The van der Waals surface area contributed by atoms with E-state index in [-0.39, 0.29) is 0 Å². The van der Waals surface area contributed by atoms with E-state index in [0.29, 0.717) is 35.6 Å². The molecule has 4 bridgehead atoms. The first-order valence-electron chi connectivity index (χ1n) is 8.12. The highest BCUT2D eigenvalue weighted by Crippen LogP contribution is 2.57. The van der Waals surface area contributed by atoms with E-state index in [4.69, 9.17) is 11.6 Å². The molecule has 0 spiro atoms. The summed E-state index contributed by atoms with van der Waals surface area (Å²) in [5, 5.41) is 0.